The molecule has 0 amide bonds. The molecule has 0 unspecified atom stereocenters. The van der Waals surface area contributed by atoms with Crippen LogP contribution < -0.4 is 0 Å². The van der Waals surface area contributed by atoms with Gasteiger partial charge in [0.05, 0.1) is 62.7 Å². The zero-order valence-electron chi connectivity index (χ0n) is 26.7. The van der Waals surface area contributed by atoms with Crippen molar-refractivity contribution in [2.45, 2.75) is 0 Å². The van der Waals surface area contributed by atoms with Gasteiger partial charge in [0.15, 0.2) is 0 Å². The van der Waals surface area contributed by atoms with E-state index in [1.165, 1.54) is 10.8 Å². The van der Waals surface area contributed by atoms with Crippen molar-refractivity contribution in [1.29, 1.82) is 15.8 Å². The average Bonchev–Trinajstić information content (AvgIpc) is 3.70. The Balaban J connectivity index is 1.22. The summed E-state index contributed by atoms with van der Waals surface area (Å²) in [6.45, 7) is 0. The van der Waals surface area contributed by atoms with Crippen molar-refractivity contribution < 1.29 is 0 Å². The molecule has 0 atom stereocenters. The fourth-order valence-electron chi connectivity index (χ4n) is 7.43. The minimum absolute atomic E-state index is 0.499. The highest BCUT2D eigenvalue weighted by molar-refractivity contribution is 6.10. The standard InChI is InChI=1S/C45H25N5/c46-26-29-17-20-45-40(23-29)39-12-4-6-14-42(39)49(45)34-18-19-35(33(25-34)28-48)31-21-30(27-47)22-32(24-31)36-9-1-5-13-41(36)50-43-15-7-2-10-37(43)38-11-3-8-16-44(38)50/h1-25H. The van der Waals surface area contributed by atoms with Crippen LogP contribution in [-0.2, 0) is 0 Å². The molecule has 0 N–H and O–H groups in total. The average molecular weight is 636 g/mol. The molecule has 0 aliphatic carbocycles. The first-order valence-corrected chi connectivity index (χ1v) is 16.3. The van der Waals surface area contributed by atoms with Crippen molar-refractivity contribution in [1.82, 2.24) is 9.13 Å². The minimum atomic E-state index is 0.499. The number of nitrogens with zero attached hydrogens (tertiary/aromatic N) is 5. The maximum absolute atomic E-state index is 10.5. The minimum Gasteiger partial charge on any atom is -0.309 e. The molecule has 0 radical (unpaired) electrons. The van der Waals surface area contributed by atoms with Crippen molar-refractivity contribution in [2.24, 2.45) is 0 Å². The monoisotopic (exact) mass is 635 g/mol. The first-order chi connectivity index (χ1) is 24.7. The molecule has 0 aliphatic heterocycles. The Hall–Kier alpha value is -7.39. The summed E-state index contributed by atoms with van der Waals surface area (Å²) in [5.74, 6) is 0. The van der Waals surface area contributed by atoms with E-state index in [1.807, 2.05) is 72.8 Å². The molecule has 9 aromatic rings. The second-order valence-electron chi connectivity index (χ2n) is 12.3. The van der Waals surface area contributed by atoms with E-state index in [2.05, 4.69) is 106 Å². The van der Waals surface area contributed by atoms with Crippen molar-refractivity contribution in [3.8, 4) is 51.8 Å². The van der Waals surface area contributed by atoms with E-state index in [0.29, 0.717) is 16.7 Å². The van der Waals surface area contributed by atoms with E-state index < -0.39 is 0 Å². The van der Waals surface area contributed by atoms with Gasteiger partial charge in [0.1, 0.15) is 0 Å². The summed E-state index contributed by atoms with van der Waals surface area (Å²) in [4.78, 5) is 0. The van der Waals surface area contributed by atoms with Gasteiger partial charge in [-0.2, -0.15) is 15.8 Å². The molecule has 0 aliphatic rings. The largest absolute Gasteiger partial charge is 0.309 e. The zero-order chi connectivity index (χ0) is 33.8. The van der Waals surface area contributed by atoms with Crippen molar-refractivity contribution in [2.75, 3.05) is 0 Å². The lowest BCUT2D eigenvalue weighted by Gasteiger charge is -2.16. The predicted octanol–water partition coefficient (Wildman–Crippen LogP) is 10.8. The van der Waals surface area contributed by atoms with Crippen molar-refractivity contribution in [3.05, 3.63) is 168 Å². The molecular formula is C45H25N5. The Kier molecular flexibility index (Phi) is 6.56. The molecule has 0 saturated carbocycles. The van der Waals surface area contributed by atoms with Crippen LogP contribution in [0.5, 0.6) is 0 Å². The number of aromatic nitrogens is 2. The molecule has 2 heterocycles. The fourth-order valence-corrected chi connectivity index (χ4v) is 7.43. The lowest BCUT2D eigenvalue weighted by Crippen LogP contribution is -1.98. The van der Waals surface area contributed by atoms with Gasteiger partial charge in [0, 0.05) is 32.8 Å². The molecular weight excluding hydrogens is 611 g/mol. The molecule has 0 fully saturated rings. The van der Waals surface area contributed by atoms with Gasteiger partial charge in [-0.05, 0) is 89.5 Å². The van der Waals surface area contributed by atoms with Crippen LogP contribution in [0.15, 0.2) is 152 Å². The second kappa shape index (κ2) is 11.4. The van der Waals surface area contributed by atoms with Crippen LogP contribution in [0.2, 0.25) is 0 Å². The second-order valence-corrected chi connectivity index (χ2v) is 12.3. The SMILES string of the molecule is N#Cc1cc(-c2ccc(-n3c4ccccc4c4cc(C#N)ccc43)cc2C#N)cc(-c2ccccc2-n2c3ccccc3c3ccccc32)c1. The van der Waals surface area contributed by atoms with Gasteiger partial charge in [-0.15, -0.1) is 0 Å². The van der Waals surface area contributed by atoms with Gasteiger partial charge in [-0.25, -0.2) is 0 Å². The molecule has 230 valence electrons. The molecule has 7 aromatic carbocycles. The third-order valence-electron chi connectivity index (χ3n) is 9.59. The third kappa shape index (κ3) is 4.38. The lowest BCUT2D eigenvalue weighted by molar-refractivity contribution is 1.18. The highest BCUT2D eigenvalue weighted by Crippen LogP contribution is 2.39. The Labute approximate surface area is 287 Å². The van der Waals surface area contributed by atoms with E-state index in [0.717, 1.165) is 66.5 Å². The Morgan fingerprint density at radius 2 is 0.940 bits per heavy atom. The predicted molar refractivity (Wildman–Crippen MR) is 200 cm³/mol. The lowest BCUT2D eigenvalue weighted by atomic mass is 9.93. The van der Waals surface area contributed by atoms with Crippen molar-refractivity contribution >= 4 is 43.6 Å². The third-order valence-corrected chi connectivity index (χ3v) is 9.59. The van der Waals surface area contributed by atoms with Crippen LogP contribution in [0.1, 0.15) is 16.7 Å². The van der Waals surface area contributed by atoms with Gasteiger partial charge < -0.3 is 9.13 Å². The summed E-state index contributed by atoms with van der Waals surface area (Å²) in [6.07, 6.45) is 0. The van der Waals surface area contributed by atoms with Crippen LogP contribution in [0, 0.1) is 34.0 Å². The Bertz CT molecular complexity index is 2920. The fraction of sp³-hybridized carbons (Fsp3) is 0. The quantitative estimate of drug-likeness (QED) is 0.193. The first kappa shape index (κ1) is 28.8. The molecule has 0 bridgehead atoms. The summed E-state index contributed by atoms with van der Waals surface area (Å²) < 4.78 is 4.43. The van der Waals surface area contributed by atoms with Gasteiger partial charge in [0.2, 0.25) is 0 Å². The van der Waals surface area contributed by atoms with Crippen LogP contribution in [-0.4, -0.2) is 9.13 Å². The smallest absolute Gasteiger partial charge is 0.0998 e. The van der Waals surface area contributed by atoms with Crippen LogP contribution in [0.3, 0.4) is 0 Å². The van der Waals surface area contributed by atoms with E-state index in [1.54, 1.807) is 0 Å². The Morgan fingerprint density at radius 1 is 0.380 bits per heavy atom. The molecule has 0 spiro atoms. The van der Waals surface area contributed by atoms with Crippen molar-refractivity contribution in [3.63, 3.8) is 0 Å². The first-order valence-electron chi connectivity index (χ1n) is 16.3. The van der Waals surface area contributed by atoms with Gasteiger partial charge in [-0.3, -0.25) is 0 Å². The molecule has 50 heavy (non-hydrogen) atoms. The topological polar surface area (TPSA) is 81.2 Å². The summed E-state index contributed by atoms with van der Waals surface area (Å²) in [7, 11) is 0. The van der Waals surface area contributed by atoms with Gasteiger partial charge in [-0.1, -0.05) is 78.9 Å². The summed E-state index contributed by atoms with van der Waals surface area (Å²) in [5, 5.41) is 34.7. The van der Waals surface area contributed by atoms with Gasteiger partial charge in [0.25, 0.3) is 0 Å². The number of fused-ring (bicyclic) bond motifs is 6. The van der Waals surface area contributed by atoms with Crippen LogP contribution >= 0.6 is 0 Å². The molecule has 2 aromatic heterocycles. The van der Waals surface area contributed by atoms with Crippen LogP contribution in [0.25, 0.3) is 77.2 Å². The Morgan fingerprint density at radius 3 is 1.60 bits per heavy atom. The van der Waals surface area contributed by atoms with E-state index in [-0.39, 0.29) is 0 Å². The maximum Gasteiger partial charge on any atom is 0.0998 e. The number of benzene rings is 7. The zero-order valence-corrected chi connectivity index (χ0v) is 26.7. The molecule has 5 heteroatoms. The maximum atomic E-state index is 10.5. The normalized spacial score (nSPS) is 11.1. The number of para-hydroxylation sites is 4. The molecule has 9 rings (SSSR count). The molecule has 5 nitrogen and oxygen atoms in total. The number of rotatable bonds is 4. The summed E-state index contributed by atoms with van der Waals surface area (Å²) in [5.41, 5.74) is 11.0. The van der Waals surface area contributed by atoms with E-state index in [4.69, 9.17) is 0 Å². The van der Waals surface area contributed by atoms with E-state index >= 15 is 0 Å². The number of nitriles is 3. The number of hydrogen-bond acceptors (Lipinski definition) is 3. The van der Waals surface area contributed by atoms with E-state index in [9.17, 15) is 15.8 Å². The van der Waals surface area contributed by atoms with Crippen LogP contribution in [0.4, 0.5) is 0 Å². The highest BCUT2D eigenvalue weighted by Gasteiger charge is 2.18. The number of hydrogen-bond donors (Lipinski definition) is 0. The summed E-state index contributed by atoms with van der Waals surface area (Å²) in [6, 6.07) is 57.7. The van der Waals surface area contributed by atoms with Gasteiger partial charge >= 0.3 is 0 Å². The molecule has 0 saturated heterocycles. The summed E-state index contributed by atoms with van der Waals surface area (Å²) >= 11 is 0. The highest BCUT2D eigenvalue weighted by atomic mass is 15.0.